The van der Waals surface area contributed by atoms with Crippen LogP contribution in [0.25, 0.3) is 0 Å². The van der Waals surface area contributed by atoms with Crippen LogP contribution in [0, 0.1) is 11.8 Å². The molecule has 0 saturated carbocycles. The Morgan fingerprint density at radius 1 is 1.21 bits per heavy atom. The number of amides is 2. The number of primary amides is 1. The Balaban J connectivity index is 1.83. The minimum atomic E-state index is -2.64. The van der Waals surface area contributed by atoms with E-state index in [4.69, 9.17) is 10.5 Å². The standard InChI is InChI=1S/C26H31N3O9/c1-4-5-6-38-25(36)28-14-10-15(29(2)3)13-8-11-7-12-9-16(30)19(24(27)35)23(34)26(12,37)22(33)17(11)21(32)18(13)20(14)31/h10-12,30-31,33,37H,4-9H2,1-3H3,(H2,27,35)(H,28,36)/t11-,12+,26+/m1/s1. The largest absolute Gasteiger partial charge is 0.511 e. The molecular weight excluding hydrogens is 498 g/mol. The summed E-state index contributed by atoms with van der Waals surface area (Å²) in [5.41, 5.74) is 2.15. The second-order valence-electron chi connectivity index (χ2n) is 10.1. The van der Waals surface area contributed by atoms with E-state index in [1.54, 1.807) is 19.0 Å². The molecule has 0 aliphatic heterocycles. The van der Waals surface area contributed by atoms with Gasteiger partial charge in [-0.2, -0.15) is 0 Å². The maximum Gasteiger partial charge on any atom is 0.411 e. The van der Waals surface area contributed by atoms with Crippen molar-refractivity contribution in [3.05, 3.63) is 39.9 Å². The van der Waals surface area contributed by atoms with E-state index in [0.717, 1.165) is 6.42 Å². The van der Waals surface area contributed by atoms with E-state index < -0.39 is 63.8 Å². The van der Waals surface area contributed by atoms with Crippen LogP contribution >= 0.6 is 0 Å². The number of ether oxygens (including phenoxy) is 1. The van der Waals surface area contributed by atoms with Gasteiger partial charge in [0.05, 0.1) is 17.9 Å². The van der Waals surface area contributed by atoms with Gasteiger partial charge in [0.2, 0.25) is 5.78 Å². The van der Waals surface area contributed by atoms with Crippen molar-refractivity contribution in [1.29, 1.82) is 0 Å². The van der Waals surface area contributed by atoms with Crippen LogP contribution in [0.1, 0.15) is 48.5 Å². The summed E-state index contributed by atoms with van der Waals surface area (Å²) in [6.07, 6.45) is 0.506. The van der Waals surface area contributed by atoms with Crippen molar-refractivity contribution < 1.29 is 44.3 Å². The average Bonchev–Trinajstić information content (AvgIpc) is 2.82. The Hall–Kier alpha value is -4.06. The monoisotopic (exact) mass is 529 g/mol. The van der Waals surface area contributed by atoms with E-state index >= 15 is 0 Å². The van der Waals surface area contributed by atoms with Crippen molar-refractivity contribution in [1.82, 2.24) is 0 Å². The molecule has 12 heteroatoms. The zero-order valence-electron chi connectivity index (χ0n) is 21.3. The summed E-state index contributed by atoms with van der Waals surface area (Å²) < 4.78 is 5.10. The molecule has 0 radical (unpaired) electrons. The van der Waals surface area contributed by atoms with Crippen LogP contribution in [0.3, 0.4) is 0 Å². The number of aliphatic hydroxyl groups excluding tert-OH is 2. The van der Waals surface area contributed by atoms with Gasteiger partial charge in [0, 0.05) is 37.7 Å². The molecule has 0 fully saturated rings. The molecule has 0 aromatic heterocycles. The predicted octanol–water partition coefficient (Wildman–Crippen LogP) is 2.00. The van der Waals surface area contributed by atoms with E-state index in [9.17, 15) is 39.6 Å². The van der Waals surface area contributed by atoms with E-state index in [0.29, 0.717) is 17.7 Å². The number of rotatable bonds is 6. The molecular formula is C26H31N3O9. The second kappa shape index (κ2) is 9.67. The van der Waals surface area contributed by atoms with E-state index in [2.05, 4.69) is 5.32 Å². The molecule has 12 nitrogen and oxygen atoms in total. The number of fused-ring (bicyclic) bond motifs is 3. The molecule has 4 rings (SSSR count). The minimum Gasteiger partial charge on any atom is -0.511 e. The molecule has 2 amide bonds. The molecule has 38 heavy (non-hydrogen) atoms. The fourth-order valence-electron chi connectivity index (χ4n) is 5.62. The highest BCUT2D eigenvalue weighted by Crippen LogP contribution is 2.53. The first-order chi connectivity index (χ1) is 17.8. The lowest BCUT2D eigenvalue weighted by Crippen LogP contribution is -2.57. The van der Waals surface area contributed by atoms with Crippen LogP contribution in [0.5, 0.6) is 5.75 Å². The number of nitrogens with two attached hydrogens (primary N) is 1. The zero-order valence-corrected chi connectivity index (χ0v) is 21.3. The Morgan fingerprint density at radius 2 is 1.89 bits per heavy atom. The number of aliphatic hydroxyl groups is 3. The van der Waals surface area contributed by atoms with E-state index in [1.807, 2.05) is 6.92 Å². The summed E-state index contributed by atoms with van der Waals surface area (Å²) in [5, 5.41) is 46.3. The summed E-state index contributed by atoms with van der Waals surface area (Å²) in [4.78, 5) is 52.6. The topological polar surface area (TPSA) is 200 Å². The van der Waals surface area contributed by atoms with Crippen LogP contribution in [0.15, 0.2) is 28.7 Å². The van der Waals surface area contributed by atoms with Gasteiger partial charge in [-0.25, -0.2) is 4.79 Å². The van der Waals surface area contributed by atoms with Gasteiger partial charge in [0.25, 0.3) is 5.91 Å². The molecule has 204 valence electrons. The number of ketones is 2. The minimum absolute atomic E-state index is 0.0281. The van der Waals surface area contributed by atoms with Gasteiger partial charge < -0.3 is 35.8 Å². The molecule has 0 bridgehead atoms. The summed E-state index contributed by atoms with van der Waals surface area (Å²) in [5.74, 6) is -7.14. The number of aromatic hydroxyl groups is 1. The van der Waals surface area contributed by atoms with Crippen LogP contribution in [-0.4, -0.2) is 70.3 Å². The molecule has 3 aliphatic rings. The van der Waals surface area contributed by atoms with E-state index in [1.165, 1.54) is 6.07 Å². The normalized spacial score (nSPS) is 24.4. The van der Waals surface area contributed by atoms with Crippen molar-refractivity contribution in [2.75, 3.05) is 30.9 Å². The molecule has 0 unspecified atom stereocenters. The number of phenols is 1. The lowest BCUT2D eigenvalue weighted by atomic mass is 9.60. The highest BCUT2D eigenvalue weighted by atomic mass is 16.5. The Bertz CT molecular complexity index is 1310. The van der Waals surface area contributed by atoms with E-state index in [-0.39, 0.29) is 42.7 Å². The molecule has 0 spiro atoms. The number of phenolic OH excluding ortho intramolecular Hbond substituents is 1. The predicted molar refractivity (Wildman–Crippen MR) is 135 cm³/mol. The van der Waals surface area contributed by atoms with Crippen molar-refractivity contribution in [3.8, 4) is 5.75 Å². The first-order valence-electron chi connectivity index (χ1n) is 12.3. The average molecular weight is 530 g/mol. The van der Waals surface area contributed by atoms with Gasteiger partial charge in [-0.05, 0) is 36.8 Å². The van der Waals surface area contributed by atoms with Crippen molar-refractivity contribution in [2.45, 2.75) is 44.6 Å². The highest BCUT2D eigenvalue weighted by molar-refractivity contribution is 6.24. The number of carbonyl (C=O) groups is 4. The first kappa shape index (κ1) is 27.0. The first-order valence-corrected chi connectivity index (χ1v) is 12.3. The van der Waals surface area contributed by atoms with Crippen LogP contribution in [-0.2, 0) is 20.7 Å². The fraction of sp³-hybridized carbons (Fsp3) is 0.462. The van der Waals surface area contributed by atoms with Gasteiger partial charge in [0.15, 0.2) is 17.1 Å². The molecule has 1 aromatic rings. The summed E-state index contributed by atoms with van der Waals surface area (Å²) in [6.45, 7) is 2.10. The van der Waals surface area contributed by atoms with Gasteiger partial charge in [-0.15, -0.1) is 0 Å². The highest BCUT2D eigenvalue weighted by Gasteiger charge is 2.59. The van der Waals surface area contributed by atoms with Crippen LogP contribution < -0.4 is 16.0 Å². The maximum atomic E-state index is 13.8. The van der Waals surface area contributed by atoms with Crippen LogP contribution in [0.2, 0.25) is 0 Å². The number of hydrogen-bond acceptors (Lipinski definition) is 10. The Morgan fingerprint density at radius 3 is 2.50 bits per heavy atom. The number of benzene rings is 1. The summed E-state index contributed by atoms with van der Waals surface area (Å²) in [7, 11) is 3.44. The maximum absolute atomic E-state index is 13.8. The van der Waals surface area contributed by atoms with Gasteiger partial charge >= 0.3 is 6.09 Å². The number of allylic oxidation sites excluding steroid dienone is 2. The molecule has 3 aliphatic carbocycles. The van der Waals surface area contributed by atoms with Crippen molar-refractivity contribution in [2.24, 2.45) is 17.6 Å². The smallest absolute Gasteiger partial charge is 0.411 e. The lowest BCUT2D eigenvalue weighted by molar-refractivity contribution is -0.144. The third-order valence-corrected chi connectivity index (χ3v) is 7.49. The summed E-state index contributed by atoms with van der Waals surface area (Å²) in [6, 6.07) is 1.51. The number of anilines is 2. The number of nitrogens with one attached hydrogen (secondary N) is 1. The van der Waals surface area contributed by atoms with Gasteiger partial charge in [-0.1, -0.05) is 13.3 Å². The number of hydrogen-bond donors (Lipinski definition) is 6. The number of unbranched alkanes of at least 4 members (excludes halogenated alkanes) is 1. The molecule has 3 atom stereocenters. The molecule has 0 saturated heterocycles. The van der Waals surface area contributed by atoms with Gasteiger partial charge in [0.1, 0.15) is 17.1 Å². The number of nitrogens with zero attached hydrogens (tertiary/aromatic N) is 1. The zero-order chi connectivity index (χ0) is 28.1. The third-order valence-electron chi connectivity index (χ3n) is 7.49. The SMILES string of the molecule is CCCCOC(=O)Nc1cc(N(C)C)c2c(c1O)C(=O)C1=C(O)[C@]3(O)C(=O)C(C(N)=O)=C(O)C[C@@H]3C[C@@H]1C2. The summed E-state index contributed by atoms with van der Waals surface area (Å²) >= 11 is 0. The Labute approximate surface area is 218 Å². The quantitative estimate of drug-likeness (QED) is 0.180. The third kappa shape index (κ3) is 4.05. The molecule has 0 heterocycles. The fourth-order valence-corrected chi connectivity index (χ4v) is 5.62. The molecule has 1 aromatic carbocycles. The second-order valence-corrected chi connectivity index (χ2v) is 10.1. The number of carbonyl (C=O) groups excluding carboxylic acids is 4. The van der Waals surface area contributed by atoms with Crippen molar-refractivity contribution >= 4 is 34.9 Å². The molecule has 7 N–H and O–H groups in total. The number of Topliss-reactive ketones (excluding diaryl/α,β-unsaturated/α-hetero) is 2. The van der Waals surface area contributed by atoms with Crippen molar-refractivity contribution in [3.63, 3.8) is 0 Å². The lowest BCUT2D eigenvalue weighted by Gasteiger charge is -2.45. The van der Waals surface area contributed by atoms with Gasteiger partial charge in [-0.3, -0.25) is 19.7 Å². The van der Waals surface area contributed by atoms with Crippen LogP contribution in [0.4, 0.5) is 16.2 Å². The Kier molecular flexibility index (Phi) is 6.87.